The van der Waals surface area contributed by atoms with Crippen LogP contribution in [-0.2, 0) is 17.8 Å². The SMILES string of the molecule is CCOc1ccc(-n2nnnc2CN2CCN(C(=O)Cc3cccs3)CC2)cc1. The van der Waals surface area contributed by atoms with Crippen molar-refractivity contribution in [1.29, 1.82) is 0 Å². The Balaban J connectivity index is 1.33. The Morgan fingerprint density at radius 2 is 1.93 bits per heavy atom. The Hall–Kier alpha value is -2.78. The molecule has 0 atom stereocenters. The molecular weight excluding hydrogens is 388 g/mol. The van der Waals surface area contributed by atoms with E-state index < -0.39 is 0 Å². The number of carbonyl (C=O) groups is 1. The molecule has 1 saturated heterocycles. The first-order chi connectivity index (χ1) is 14.2. The highest BCUT2D eigenvalue weighted by atomic mass is 32.1. The molecule has 8 nitrogen and oxygen atoms in total. The molecule has 152 valence electrons. The molecule has 3 heterocycles. The number of aromatic nitrogens is 4. The monoisotopic (exact) mass is 412 g/mol. The zero-order valence-electron chi connectivity index (χ0n) is 16.4. The quantitative estimate of drug-likeness (QED) is 0.591. The lowest BCUT2D eigenvalue weighted by Gasteiger charge is -2.34. The van der Waals surface area contributed by atoms with Crippen molar-refractivity contribution in [3.8, 4) is 11.4 Å². The van der Waals surface area contributed by atoms with E-state index in [1.165, 1.54) is 0 Å². The van der Waals surface area contributed by atoms with E-state index in [-0.39, 0.29) is 5.91 Å². The van der Waals surface area contributed by atoms with Crippen LogP contribution in [0.5, 0.6) is 5.75 Å². The van der Waals surface area contributed by atoms with Crippen LogP contribution in [0.4, 0.5) is 0 Å². The second-order valence-electron chi connectivity index (χ2n) is 6.85. The van der Waals surface area contributed by atoms with Crippen LogP contribution in [0.1, 0.15) is 17.6 Å². The summed E-state index contributed by atoms with van der Waals surface area (Å²) in [6, 6.07) is 11.7. The third-order valence-corrected chi connectivity index (χ3v) is 5.80. The van der Waals surface area contributed by atoms with E-state index in [0.29, 0.717) is 19.6 Å². The van der Waals surface area contributed by atoms with Crippen LogP contribution in [-0.4, -0.2) is 68.7 Å². The summed E-state index contributed by atoms with van der Waals surface area (Å²) in [6.07, 6.45) is 0.494. The lowest BCUT2D eigenvalue weighted by molar-refractivity contribution is -0.132. The zero-order valence-corrected chi connectivity index (χ0v) is 17.2. The maximum absolute atomic E-state index is 12.5. The lowest BCUT2D eigenvalue weighted by atomic mass is 10.2. The molecule has 0 aliphatic carbocycles. The molecule has 2 aromatic heterocycles. The maximum atomic E-state index is 12.5. The van der Waals surface area contributed by atoms with Gasteiger partial charge in [-0.05, 0) is 53.1 Å². The second-order valence-corrected chi connectivity index (χ2v) is 7.88. The van der Waals surface area contributed by atoms with E-state index in [2.05, 4.69) is 20.4 Å². The summed E-state index contributed by atoms with van der Waals surface area (Å²) >= 11 is 1.63. The highest BCUT2D eigenvalue weighted by Gasteiger charge is 2.23. The fraction of sp³-hybridized carbons (Fsp3) is 0.400. The largest absolute Gasteiger partial charge is 0.494 e. The minimum atomic E-state index is 0.200. The first kappa shape index (κ1) is 19.5. The number of hydrogen-bond donors (Lipinski definition) is 0. The fourth-order valence-electron chi connectivity index (χ4n) is 3.38. The van der Waals surface area contributed by atoms with Crippen molar-refractivity contribution in [3.05, 3.63) is 52.5 Å². The van der Waals surface area contributed by atoms with E-state index >= 15 is 0 Å². The molecule has 0 saturated carbocycles. The van der Waals surface area contributed by atoms with E-state index in [9.17, 15) is 4.79 Å². The van der Waals surface area contributed by atoms with Gasteiger partial charge in [0, 0.05) is 31.1 Å². The summed E-state index contributed by atoms with van der Waals surface area (Å²) in [6.45, 7) is 6.33. The number of tetrazole rings is 1. The van der Waals surface area contributed by atoms with Crippen LogP contribution in [0.25, 0.3) is 5.69 Å². The molecule has 0 bridgehead atoms. The topological polar surface area (TPSA) is 76.4 Å². The summed E-state index contributed by atoms with van der Waals surface area (Å²) in [4.78, 5) is 17.8. The minimum absolute atomic E-state index is 0.200. The molecule has 4 rings (SSSR count). The number of benzene rings is 1. The Kier molecular flexibility index (Phi) is 6.16. The van der Waals surface area contributed by atoms with Crippen molar-refractivity contribution in [2.75, 3.05) is 32.8 Å². The van der Waals surface area contributed by atoms with Crippen molar-refractivity contribution >= 4 is 17.2 Å². The summed E-state index contributed by atoms with van der Waals surface area (Å²) in [5.74, 6) is 1.81. The molecule has 1 aromatic carbocycles. The summed E-state index contributed by atoms with van der Waals surface area (Å²) in [5, 5.41) is 14.2. The minimum Gasteiger partial charge on any atom is -0.494 e. The van der Waals surface area contributed by atoms with Gasteiger partial charge in [0.15, 0.2) is 5.82 Å². The number of rotatable bonds is 7. The second kappa shape index (κ2) is 9.15. The molecule has 29 heavy (non-hydrogen) atoms. The van der Waals surface area contributed by atoms with E-state index in [4.69, 9.17) is 4.74 Å². The predicted molar refractivity (Wildman–Crippen MR) is 110 cm³/mol. The van der Waals surface area contributed by atoms with Crippen LogP contribution in [0.2, 0.25) is 0 Å². The average molecular weight is 413 g/mol. The smallest absolute Gasteiger partial charge is 0.227 e. The van der Waals surface area contributed by atoms with Crippen LogP contribution in [0.3, 0.4) is 0 Å². The molecule has 0 N–H and O–H groups in total. The number of nitrogens with zero attached hydrogens (tertiary/aromatic N) is 6. The first-order valence-corrected chi connectivity index (χ1v) is 10.6. The van der Waals surface area contributed by atoms with Gasteiger partial charge in [-0.2, -0.15) is 4.68 Å². The molecule has 9 heteroatoms. The Labute approximate surface area is 173 Å². The number of ether oxygens (including phenoxy) is 1. The highest BCUT2D eigenvalue weighted by molar-refractivity contribution is 7.10. The Morgan fingerprint density at radius 1 is 1.14 bits per heavy atom. The standard InChI is InChI=1S/C20H24N6O2S/c1-2-28-17-7-5-16(6-8-17)26-19(21-22-23-26)15-24-9-11-25(12-10-24)20(27)14-18-4-3-13-29-18/h3-8,13H,2,9-12,14-15H2,1H3. The first-order valence-electron chi connectivity index (χ1n) is 9.76. The number of hydrogen-bond acceptors (Lipinski definition) is 7. The van der Waals surface area contributed by atoms with Gasteiger partial charge in [-0.3, -0.25) is 9.69 Å². The Bertz CT molecular complexity index is 917. The van der Waals surface area contributed by atoms with Gasteiger partial charge in [-0.15, -0.1) is 16.4 Å². The summed E-state index contributed by atoms with van der Waals surface area (Å²) in [7, 11) is 0. The van der Waals surface area contributed by atoms with Crippen molar-refractivity contribution in [2.24, 2.45) is 0 Å². The van der Waals surface area contributed by atoms with Crippen LogP contribution < -0.4 is 4.74 Å². The Morgan fingerprint density at radius 3 is 2.62 bits per heavy atom. The number of carbonyl (C=O) groups excluding carboxylic acids is 1. The van der Waals surface area contributed by atoms with Crippen LogP contribution in [0, 0.1) is 0 Å². The van der Waals surface area contributed by atoms with Gasteiger partial charge in [-0.1, -0.05) is 6.07 Å². The lowest BCUT2D eigenvalue weighted by Crippen LogP contribution is -2.48. The molecule has 1 amide bonds. The predicted octanol–water partition coefficient (Wildman–Crippen LogP) is 2.01. The third kappa shape index (κ3) is 4.80. The van der Waals surface area contributed by atoms with E-state index in [0.717, 1.165) is 48.3 Å². The normalized spacial score (nSPS) is 14.9. The van der Waals surface area contributed by atoms with E-state index in [1.54, 1.807) is 16.0 Å². The van der Waals surface area contributed by atoms with Crippen molar-refractivity contribution in [3.63, 3.8) is 0 Å². The van der Waals surface area contributed by atoms with Crippen molar-refractivity contribution < 1.29 is 9.53 Å². The summed E-state index contributed by atoms with van der Waals surface area (Å²) < 4.78 is 7.25. The van der Waals surface area contributed by atoms with Gasteiger partial charge in [0.25, 0.3) is 0 Å². The van der Waals surface area contributed by atoms with Crippen LogP contribution in [0.15, 0.2) is 41.8 Å². The number of thiophene rings is 1. The third-order valence-electron chi connectivity index (χ3n) is 4.92. The average Bonchev–Trinajstić information content (AvgIpc) is 3.42. The maximum Gasteiger partial charge on any atom is 0.227 e. The van der Waals surface area contributed by atoms with Gasteiger partial charge in [0.2, 0.25) is 5.91 Å². The van der Waals surface area contributed by atoms with Gasteiger partial charge in [0.1, 0.15) is 5.75 Å². The molecule has 0 unspecified atom stereocenters. The van der Waals surface area contributed by atoms with Gasteiger partial charge >= 0.3 is 0 Å². The number of amides is 1. The molecular formula is C20H24N6O2S. The molecule has 0 spiro atoms. The zero-order chi connectivity index (χ0) is 20.1. The number of piperazine rings is 1. The fourth-order valence-corrected chi connectivity index (χ4v) is 4.08. The van der Waals surface area contributed by atoms with E-state index in [1.807, 2.05) is 53.6 Å². The van der Waals surface area contributed by atoms with Gasteiger partial charge in [-0.25, -0.2) is 0 Å². The molecule has 1 aliphatic rings. The summed E-state index contributed by atoms with van der Waals surface area (Å²) in [5.41, 5.74) is 0.901. The van der Waals surface area contributed by atoms with Gasteiger partial charge < -0.3 is 9.64 Å². The molecule has 3 aromatic rings. The highest BCUT2D eigenvalue weighted by Crippen LogP contribution is 2.17. The molecule has 1 aliphatic heterocycles. The van der Waals surface area contributed by atoms with Gasteiger partial charge in [0.05, 0.1) is 25.3 Å². The molecule has 1 fully saturated rings. The van der Waals surface area contributed by atoms with Crippen molar-refractivity contribution in [1.82, 2.24) is 30.0 Å². The molecule has 0 radical (unpaired) electrons. The van der Waals surface area contributed by atoms with Crippen molar-refractivity contribution in [2.45, 2.75) is 19.9 Å². The van der Waals surface area contributed by atoms with Crippen LogP contribution >= 0.6 is 11.3 Å².